The van der Waals surface area contributed by atoms with Gasteiger partial charge in [0.1, 0.15) is 0 Å². The number of esters is 2. The monoisotopic (exact) mass is 468 g/mol. The summed E-state index contributed by atoms with van der Waals surface area (Å²) in [5.41, 5.74) is 1.29. The van der Waals surface area contributed by atoms with Crippen LogP contribution in [0.1, 0.15) is 48.4 Å². The average Bonchev–Trinajstić information content (AvgIpc) is 2.64. The first-order valence-corrected chi connectivity index (χ1v) is 10.3. The Balaban J connectivity index is 2.30. The van der Waals surface area contributed by atoms with E-state index in [-0.39, 0.29) is 28.4 Å². The Hall–Kier alpha value is -2.35. The normalized spacial score (nSPS) is 10.7. The summed E-state index contributed by atoms with van der Waals surface area (Å²) >= 11 is 17.5. The first-order chi connectivity index (χ1) is 14.1. The number of nitrogens with one attached hydrogen (secondary N) is 2. The van der Waals surface area contributed by atoms with Crippen LogP contribution in [0.25, 0.3) is 0 Å². The van der Waals surface area contributed by atoms with Crippen molar-refractivity contribution in [1.82, 2.24) is 0 Å². The fourth-order valence-corrected chi connectivity index (χ4v) is 2.96. The van der Waals surface area contributed by atoms with E-state index in [2.05, 4.69) is 10.6 Å². The van der Waals surface area contributed by atoms with Crippen LogP contribution in [-0.4, -0.2) is 29.3 Å². The minimum Gasteiger partial charge on any atom is -0.459 e. The third kappa shape index (κ3) is 6.86. The van der Waals surface area contributed by atoms with Gasteiger partial charge in [-0.3, -0.25) is 0 Å². The van der Waals surface area contributed by atoms with Gasteiger partial charge in [0.25, 0.3) is 0 Å². The summed E-state index contributed by atoms with van der Waals surface area (Å²) in [5.74, 6) is -1.13. The van der Waals surface area contributed by atoms with E-state index in [9.17, 15) is 9.59 Å². The van der Waals surface area contributed by atoms with E-state index in [1.165, 1.54) is 18.2 Å². The minimum atomic E-state index is -0.566. The molecule has 0 aliphatic heterocycles. The summed E-state index contributed by atoms with van der Waals surface area (Å²) in [4.78, 5) is 24.8. The molecule has 2 N–H and O–H groups in total. The molecule has 0 bridgehead atoms. The molecule has 2 aromatic carbocycles. The molecule has 0 aliphatic carbocycles. The molecule has 30 heavy (non-hydrogen) atoms. The molecule has 9 heteroatoms. The Morgan fingerprint density at radius 1 is 0.900 bits per heavy atom. The zero-order chi connectivity index (χ0) is 22.4. The Morgan fingerprint density at radius 2 is 1.43 bits per heavy atom. The molecule has 0 spiro atoms. The maximum Gasteiger partial charge on any atom is 0.338 e. The highest BCUT2D eigenvalue weighted by Gasteiger charge is 2.17. The average molecular weight is 469 g/mol. The number of benzene rings is 2. The number of anilines is 2. The van der Waals surface area contributed by atoms with Crippen LogP contribution < -0.4 is 10.6 Å². The fourth-order valence-electron chi connectivity index (χ4n) is 2.38. The third-order valence-electron chi connectivity index (χ3n) is 3.55. The van der Waals surface area contributed by atoms with Gasteiger partial charge >= 0.3 is 11.9 Å². The van der Waals surface area contributed by atoms with Crippen LogP contribution in [0.4, 0.5) is 11.4 Å². The lowest BCUT2D eigenvalue weighted by Gasteiger charge is -2.15. The Morgan fingerprint density at radius 3 is 1.93 bits per heavy atom. The van der Waals surface area contributed by atoms with Crippen LogP contribution in [-0.2, 0) is 9.47 Å². The van der Waals surface area contributed by atoms with E-state index in [1.807, 2.05) is 0 Å². The molecule has 0 saturated heterocycles. The number of rotatable bonds is 6. The Labute approximate surface area is 190 Å². The lowest BCUT2D eigenvalue weighted by atomic mass is 10.1. The first-order valence-electron chi connectivity index (χ1n) is 9.16. The predicted molar refractivity (Wildman–Crippen MR) is 124 cm³/mol. The smallest absolute Gasteiger partial charge is 0.338 e. The Bertz CT molecular complexity index is 924. The van der Waals surface area contributed by atoms with Crippen molar-refractivity contribution in [3.8, 4) is 0 Å². The molecule has 0 atom stereocenters. The maximum absolute atomic E-state index is 12.4. The van der Waals surface area contributed by atoms with Gasteiger partial charge in [-0.25, -0.2) is 9.59 Å². The molecule has 0 radical (unpaired) electrons. The van der Waals surface area contributed by atoms with Crippen LogP contribution >= 0.6 is 35.4 Å². The minimum absolute atomic E-state index is 0.188. The Kier molecular flexibility index (Phi) is 8.46. The van der Waals surface area contributed by atoms with E-state index in [1.54, 1.807) is 45.9 Å². The van der Waals surface area contributed by atoms with Crippen molar-refractivity contribution in [2.75, 3.05) is 10.6 Å². The summed E-state index contributed by atoms with van der Waals surface area (Å²) < 4.78 is 10.5. The number of carbonyl (C=O) groups excluding carboxylic acids is 2. The van der Waals surface area contributed by atoms with E-state index in [0.29, 0.717) is 21.4 Å². The van der Waals surface area contributed by atoms with Crippen LogP contribution in [0, 0.1) is 0 Å². The highest BCUT2D eigenvalue weighted by molar-refractivity contribution is 7.80. The fraction of sp³-hybridized carbons (Fsp3) is 0.286. The predicted octanol–water partition coefficient (Wildman–Crippen LogP) is 5.93. The van der Waals surface area contributed by atoms with Crippen LogP contribution in [0.2, 0.25) is 10.0 Å². The molecule has 2 rings (SSSR count). The summed E-state index contributed by atoms with van der Waals surface area (Å²) in [6.07, 6.45) is -0.624. The number of ether oxygens (including phenoxy) is 2. The van der Waals surface area contributed by atoms with Crippen molar-refractivity contribution in [1.29, 1.82) is 0 Å². The maximum atomic E-state index is 12.4. The summed E-state index contributed by atoms with van der Waals surface area (Å²) in [6, 6.07) is 9.58. The number of carbonyl (C=O) groups is 2. The van der Waals surface area contributed by atoms with Gasteiger partial charge in [0, 0.05) is 5.69 Å². The topological polar surface area (TPSA) is 76.7 Å². The van der Waals surface area contributed by atoms with Gasteiger partial charge in [-0.1, -0.05) is 29.3 Å². The van der Waals surface area contributed by atoms with Crippen LogP contribution in [0.3, 0.4) is 0 Å². The summed E-state index contributed by atoms with van der Waals surface area (Å²) in [6.45, 7) is 6.95. The number of thiocarbonyl (C=S) groups is 1. The molecule has 6 nitrogen and oxygen atoms in total. The van der Waals surface area contributed by atoms with Crippen molar-refractivity contribution < 1.29 is 19.1 Å². The molecule has 0 saturated carbocycles. The number of hydrogen-bond donors (Lipinski definition) is 2. The number of halogens is 2. The zero-order valence-electron chi connectivity index (χ0n) is 16.9. The van der Waals surface area contributed by atoms with Gasteiger partial charge in [0.15, 0.2) is 5.11 Å². The second kappa shape index (κ2) is 10.6. The zero-order valence-corrected chi connectivity index (χ0v) is 19.2. The van der Waals surface area contributed by atoms with E-state index in [4.69, 9.17) is 44.9 Å². The van der Waals surface area contributed by atoms with Gasteiger partial charge in [-0.2, -0.15) is 0 Å². The van der Waals surface area contributed by atoms with Gasteiger partial charge in [-0.15, -0.1) is 0 Å². The largest absolute Gasteiger partial charge is 0.459 e. The molecule has 0 aliphatic rings. The van der Waals surface area contributed by atoms with Crippen molar-refractivity contribution in [3.63, 3.8) is 0 Å². The van der Waals surface area contributed by atoms with Crippen molar-refractivity contribution in [2.24, 2.45) is 0 Å². The van der Waals surface area contributed by atoms with Crippen molar-refractivity contribution in [2.45, 2.75) is 39.9 Å². The van der Waals surface area contributed by atoms with Gasteiger partial charge < -0.3 is 20.1 Å². The summed E-state index contributed by atoms with van der Waals surface area (Å²) in [7, 11) is 0. The highest BCUT2D eigenvalue weighted by Crippen LogP contribution is 2.29. The van der Waals surface area contributed by atoms with Crippen molar-refractivity contribution >= 4 is 63.8 Å². The van der Waals surface area contributed by atoms with Crippen LogP contribution in [0.5, 0.6) is 0 Å². The molecule has 0 aromatic heterocycles. The second-order valence-electron chi connectivity index (χ2n) is 6.89. The van der Waals surface area contributed by atoms with Crippen molar-refractivity contribution in [3.05, 3.63) is 57.6 Å². The molecular weight excluding hydrogens is 447 g/mol. The third-order valence-corrected chi connectivity index (χ3v) is 4.57. The summed E-state index contributed by atoms with van der Waals surface area (Å²) in [5, 5.41) is 6.76. The number of hydrogen-bond acceptors (Lipinski definition) is 5. The molecule has 2 aromatic rings. The highest BCUT2D eigenvalue weighted by atomic mass is 35.5. The van der Waals surface area contributed by atoms with Gasteiger partial charge in [0.2, 0.25) is 0 Å². The molecule has 160 valence electrons. The second-order valence-corrected chi connectivity index (χ2v) is 8.08. The molecule has 0 amide bonds. The SMILES string of the molecule is CC(C)OC(=O)c1cc(NC(=S)Nc2cccc(Cl)c2Cl)cc(C(=O)OC(C)C)c1. The molecule has 0 fully saturated rings. The van der Waals surface area contributed by atoms with Gasteiger partial charge in [0.05, 0.1) is 39.1 Å². The van der Waals surface area contributed by atoms with Gasteiger partial charge in [-0.05, 0) is 70.2 Å². The van der Waals surface area contributed by atoms with Crippen LogP contribution in [0.15, 0.2) is 36.4 Å². The van der Waals surface area contributed by atoms with E-state index >= 15 is 0 Å². The quantitative estimate of drug-likeness (QED) is 0.401. The lowest BCUT2D eigenvalue weighted by molar-refractivity contribution is 0.0377. The van der Waals surface area contributed by atoms with E-state index < -0.39 is 11.9 Å². The van der Waals surface area contributed by atoms with E-state index in [0.717, 1.165) is 0 Å². The molecule has 0 heterocycles. The lowest BCUT2D eigenvalue weighted by Crippen LogP contribution is -2.21. The standard InChI is InChI=1S/C21H22Cl2N2O4S/c1-11(2)28-19(26)13-8-14(20(27)29-12(3)4)10-15(9-13)24-21(30)25-17-7-5-6-16(22)18(17)23/h5-12H,1-4H3,(H2,24,25,30). The first kappa shape index (κ1) is 23.9. The molecular formula is C21H22Cl2N2O4S. The molecule has 0 unspecified atom stereocenters.